The van der Waals surface area contributed by atoms with E-state index in [-0.39, 0.29) is 5.91 Å². The molecule has 0 fully saturated rings. The molecule has 0 aliphatic carbocycles. The summed E-state index contributed by atoms with van der Waals surface area (Å²) >= 11 is 0. The number of rotatable bonds is 4. The number of hydrogen-bond donors (Lipinski definition) is 2. The van der Waals surface area contributed by atoms with Gasteiger partial charge in [-0.3, -0.25) is 4.79 Å². The number of aryl methyl sites for hydroxylation is 1. The Morgan fingerprint density at radius 1 is 1.44 bits per heavy atom. The second-order valence-corrected chi connectivity index (χ2v) is 4.26. The van der Waals surface area contributed by atoms with Gasteiger partial charge in [-0.05, 0) is 25.5 Å². The number of carbonyl (C=O) groups is 1. The Morgan fingerprint density at radius 2 is 2.28 bits per heavy atom. The Labute approximate surface area is 106 Å². The highest BCUT2D eigenvalue weighted by Crippen LogP contribution is 2.23. The lowest BCUT2D eigenvalue weighted by Gasteiger charge is -2.06. The first-order valence-corrected chi connectivity index (χ1v) is 6.11. The number of carbonyl (C=O) groups excluding carboxylic acids is 1. The van der Waals surface area contributed by atoms with Crippen LogP contribution in [0.3, 0.4) is 0 Å². The zero-order valence-electron chi connectivity index (χ0n) is 10.7. The first-order chi connectivity index (χ1) is 8.70. The summed E-state index contributed by atoms with van der Waals surface area (Å²) in [5.41, 5.74) is 3.75. The summed E-state index contributed by atoms with van der Waals surface area (Å²) in [6.07, 6.45) is 3.07. The van der Waals surface area contributed by atoms with Gasteiger partial charge in [-0.1, -0.05) is 19.1 Å². The van der Waals surface area contributed by atoms with Crippen molar-refractivity contribution in [2.45, 2.75) is 26.7 Å². The number of H-pyrrole nitrogens is 1. The van der Waals surface area contributed by atoms with Crippen LogP contribution in [0.1, 0.15) is 25.5 Å². The number of anilines is 1. The van der Waals surface area contributed by atoms with Gasteiger partial charge in [-0.2, -0.15) is 0 Å². The van der Waals surface area contributed by atoms with Crippen molar-refractivity contribution >= 4 is 11.6 Å². The maximum atomic E-state index is 11.5. The van der Waals surface area contributed by atoms with Crippen molar-refractivity contribution in [1.29, 1.82) is 0 Å². The van der Waals surface area contributed by atoms with Crippen LogP contribution < -0.4 is 5.32 Å². The minimum atomic E-state index is 0.0494. The van der Waals surface area contributed by atoms with Crippen molar-refractivity contribution in [3.8, 4) is 11.3 Å². The molecule has 18 heavy (non-hydrogen) atoms. The number of aromatic amines is 1. The highest BCUT2D eigenvalue weighted by atomic mass is 16.1. The van der Waals surface area contributed by atoms with E-state index in [1.54, 1.807) is 6.33 Å². The molecule has 1 aromatic heterocycles. The molecule has 94 valence electrons. The molecule has 4 heteroatoms. The average molecular weight is 243 g/mol. The molecule has 1 amide bonds. The zero-order chi connectivity index (χ0) is 13.0. The van der Waals surface area contributed by atoms with Crippen molar-refractivity contribution < 1.29 is 4.79 Å². The molecule has 0 unspecified atom stereocenters. The minimum absolute atomic E-state index is 0.0494. The lowest BCUT2D eigenvalue weighted by atomic mass is 10.1. The number of nitrogens with zero attached hydrogens (tertiary/aromatic N) is 1. The minimum Gasteiger partial charge on any atom is -0.348 e. The molecule has 4 nitrogen and oxygen atoms in total. The fraction of sp³-hybridized carbons (Fsp3) is 0.286. The summed E-state index contributed by atoms with van der Waals surface area (Å²) in [4.78, 5) is 18.9. The van der Waals surface area contributed by atoms with Crippen LogP contribution in [0, 0.1) is 6.92 Å². The van der Waals surface area contributed by atoms with E-state index in [9.17, 15) is 4.79 Å². The quantitative estimate of drug-likeness (QED) is 0.866. The molecule has 0 aliphatic heterocycles. The fourth-order valence-corrected chi connectivity index (χ4v) is 1.84. The molecule has 0 spiro atoms. The molecular weight excluding hydrogens is 226 g/mol. The molecule has 1 heterocycles. The van der Waals surface area contributed by atoms with Gasteiger partial charge in [0.1, 0.15) is 0 Å². The van der Waals surface area contributed by atoms with Crippen molar-refractivity contribution in [2.24, 2.45) is 0 Å². The predicted molar refractivity (Wildman–Crippen MR) is 72.3 cm³/mol. The highest BCUT2D eigenvalue weighted by Gasteiger charge is 2.06. The van der Waals surface area contributed by atoms with E-state index in [0.717, 1.165) is 29.1 Å². The Morgan fingerprint density at radius 3 is 2.94 bits per heavy atom. The van der Waals surface area contributed by atoms with E-state index in [1.165, 1.54) is 0 Å². The Hall–Kier alpha value is -2.10. The lowest BCUT2D eigenvalue weighted by Crippen LogP contribution is -2.10. The van der Waals surface area contributed by atoms with Crippen LogP contribution in [0.4, 0.5) is 5.69 Å². The molecule has 1 aromatic carbocycles. The molecule has 0 saturated heterocycles. The summed E-state index contributed by atoms with van der Waals surface area (Å²) in [6.45, 7) is 3.97. The van der Waals surface area contributed by atoms with Crippen LogP contribution in [0.15, 0.2) is 30.6 Å². The molecular formula is C14H17N3O. The van der Waals surface area contributed by atoms with Crippen molar-refractivity contribution in [2.75, 3.05) is 5.32 Å². The van der Waals surface area contributed by atoms with Gasteiger partial charge in [-0.25, -0.2) is 4.98 Å². The van der Waals surface area contributed by atoms with E-state index in [1.807, 2.05) is 38.1 Å². The Bertz CT molecular complexity index is 545. The van der Waals surface area contributed by atoms with Crippen LogP contribution in [-0.4, -0.2) is 15.9 Å². The van der Waals surface area contributed by atoms with Gasteiger partial charge in [-0.15, -0.1) is 0 Å². The largest absolute Gasteiger partial charge is 0.348 e. The number of imidazole rings is 1. The Balaban J connectivity index is 2.20. The molecule has 2 N–H and O–H groups in total. The highest BCUT2D eigenvalue weighted by molar-refractivity contribution is 5.91. The van der Waals surface area contributed by atoms with Gasteiger partial charge in [0.05, 0.1) is 12.0 Å². The summed E-state index contributed by atoms with van der Waals surface area (Å²) in [5.74, 6) is 0.0494. The summed E-state index contributed by atoms with van der Waals surface area (Å²) in [5, 5.41) is 2.89. The number of benzene rings is 1. The third-order valence-corrected chi connectivity index (χ3v) is 2.73. The normalized spacial score (nSPS) is 10.3. The second-order valence-electron chi connectivity index (χ2n) is 4.26. The number of aromatic nitrogens is 2. The van der Waals surface area contributed by atoms with Crippen molar-refractivity contribution in [3.05, 3.63) is 36.3 Å². The molecule has 2 aromatic rings. The third-order valence-electron chi connectivity index (χ3n) is 2.73. The van der Waals surface area contributed by atoms with Crippen molar-refractivity contribution in [3.63, 3.8) is 0 Å². The van der Waals surface area contributed by atoms with Crippen LogP contribution >= 0.6 is 0 Å². The van der Waals surface area contributed by atoms with Crippen LogP contribution in [-0.2, 0) is 4.79 Å². The maximum Gasteiger partial charge on any atom is 0.224 e. The number of amides is 1. The van der Waals surface area contributed by atoms with E-state index in [0.29, 0.717) is 6.42 Å². The lowest BCUT2D eigenvalue weighted by molar-refractivity contribution is -0.116. The molecule has 0 aliphatic rings. The molecule has 2 rings (SSSR count). The Kier molecular flexibility index (Phi) is 3.77. The SMILES string of the molecule is CCCC(=O)Nc1cccc(-c2nc[nH]c2C)c1. The first-order valence-electron chi connectivity index (χ1n) is 6.11. The summed E-state index contributed by atoms with van der Waals surface area (Å²) in [7, 11) is 0. The second kappa shape index (κ2) is 5.49. The molecule has 0 radical (unpaired) electrons. The first kappa shape index (κ1) is 12.4. The van der Waals surface area contributed by atoms with E-state index in [4.69, 9.17) is 0 Å². The van der Waals surface area contributed by atoms with Crippen LogP contribution in [0.25, 0.3) is 11.3 Å². The monoisotopic (exact) mass is 243 g/mol. The zero-order valence-corrected chi connectivity index (χ0v) is 10.7. The van der Waals surface area contributed by atoms with Crippen LogP contribution in [0.2, 0.25) is 0 Å². The van der Waals surface area contributed by atoms with Gasteiger partial charge in [0.15, 0.2) is 0 Å². The number of nitrogens with one attached hydrogen (secondary N) is 2. The van der Waals surface area contributed by atoms with Gasteiger partial charge < -0.3 is 10.3 Å². The van der Waals surface area contributed by atoms with Crippen molar-refractivity contribution in [1.82, 2.24) is 9.97 Å². The van der Waals surface area contributed by atoms with Crippen LogP contribution in [0.5, 0.6) is 0 Å². The smallest absolute Gasteiger partial charge is 0.224 e. The molecule has 0 bridgehead atoms. The van der Waals surface area contributed by atoms with Gasteiger partial charge in [0.25, 0.3) is 0 Å². The van der Waals surface area contributed by atoms with E-state index >= 15 is 0 Å². The molecule has 0 saturated carbocycles. The predicted octanol–water partition coefficient (Wildman–Crippen LogP) is 3.12. The standard InChI is InChI=1S/C14H17N3O/c1-3-5-13(18)17-12-7-4-6-11(8-12)14-10(2)15-9-16-14/h4,6-9H,3,5H2,1-2H3,(H,15,16)(H,17,18). The summed E-state index contributed by atoms with van der Waals surface area (Å²) < 4.78 is 0. The molecule has 0 atom stereocenters. The summed E-state index contributed by atoms with van der Waals surface area (Å²) in [6, 6.07) is 7.74. The van der Waals surface area contributed by atoms with E-state index in [2.05, 4.69) is 15.3 Å². The fourth-order valence-electron chi connectivity index (χ4n) is 1.84. The van der Waals surface area contributed by atoms with E-state index < -0.39 is 0 Å². The van der Waals surface area contributed by atoms with Gasteiger partial charge >= 0.3 is 0 Å². The van der Waals surface area contributed by atoms with Gasteiger partial charge in [0.2, 0.25) is 5.91 Å². The average Bonchev–Trinajstić information content (AvgIpc) is 2.76. The maximum absolute atomic E-state index is 11.5. The number of hydrogen-bond acceptors (Lipinski definition) is 2. The topological polar surface area (TPSA) is 57.8 Å². The van der Waals surface area contributed by atoms with Gasteiger partial charge in [0, 0.05) is 23.4 Å². The third kappa shape index (κ3) is 2.77.